The van der Waals surface area contributed by atoms with Gasteiger partial charge in [0.1, 0.15) is 10.8 Å². The molecular formula is C16H12F2N2O2S. The normalized spacial score (nSPS) is 10.7. The number of halogens is 2. The summed E-state index contributed by atoms with van der Waals surface area (Å²) >= 11 is 1.29. The highest BCUT2D eigenvalue weighted by Crippen LogP contribution is 2.23. The van der Waals surface area contributed by atoms with Gasteiger partial charge in [0.15, 0.2) is 11.6 Å². The molecule has 0 saturated carbocycles. The minimum absolute atomic E-state index is 0.120. The maximum absolute atomic E-state index is 13.2. The number of furan rings is 1. The van der Waals surface area contributed by atoms with E-state index in [4.69, 9.17) is 4.42 Å². The fourth-order valence-electron chi connectivity index (χ4n) is 1.98. The van der Waals surface area contributed by atoms with E-state index in [1.807, 2.05) is 0 Å². The summed E-state index contributed by atoms with van der Waals surface area (Å²) in [5.74, 6) is -1.35. The molecule has 0 aliphatic carbocycles. The molecule has 0 saturated heterocycles. The van der Waals surface area contributed by atoms with Gasteiger partial charge in [0, 0.05) is 10.9 Å². The first kappa shape index (κ1) is 15.4. The van der Waals surface area contributed by atoms with E-state index in [2.05, 4.69) is 10.3 Å². The van der Waals surface area contributed by atoms with Gasteiger partial charge in [0.25, 0.3) is 0 Å². The van der Waals surface area contributed by atoms with Crippen LogP contribution in [0.1, 0.15) is 10.8 Å². The van der Waals surface area contributed by atoms with Crippen molar-refractivity contribution in [1.29, 1.82) is 0 Å². The lowest BCUT2D eigenvalue weighted by Crippen LogP contribution is -2.24. The zero-order valence-electron chi connectivity index (χ0n) is 11.9. The fraction of sp³-hybridized carbons (Fsp3) is 0.125. The Morgan fingerprint density at radius 1 is 1.26 bits per heavy atom. The van der Waals surface area contributed by atoms with Crippen molar-refractivity contribution in [2.45, 2.75) is 13.0 Å². The van der Waals surface area contributed by atoms with E-state index in [1.165, 1.54) is 23.7 Å². The minimum Gasteiger partial charge on any atom is -0.467 e. The summed E-state index contributed by atoms with van der Waals surface area (Å²) in [5, 5.41) is 5.03. The van der Waals surface area contributed by atoms with Crippen molar-refractivity contribution in [3.8, 4) is 11.3 Å². The fourth-order valence-corrected chi connectivity index (χ4v) is 2.78. The monoisotopic (exact) mass is 334 g/mol. The molecule has 2 aromatic heterocycles. The van der Waals surface area contributed by atoms with E-state index in [9.17, 15) is 13.6 Å². The molecular weight excluding hydrogens is 322 g/mol. The van der Waals surface area contributed by atoms with Gasteiger partial charge in [-0.3, -0.25) is 4.79 Å². The van der Waals surface area contributed by atoms with Crippen molar-refractivity contribution < 1.29 is 18.0 Å². The molecule has 0 aliphatic rings. The van der Waals surface area contributed by atoms with Crippen molar-refractivity contribution in [1.82, 2.24) is 10.3 Å². The number of aromatic nitrogens is 1. The van der Waals surface area contributed by atoms with Crippen LogP contribution in [0.2, 0.25) is 0 Å². The quantitative estimate of drug-likeness (QED) is 0.776. The van der Waals surface area contributed by atoms with Crippen LogP contribution in [0, 0.1) is 11.6 Å². The van der Waals surface area contributed by atoms with E-state index in [0.717, 1.165) is 12.1 Å². The summed E-state index contributed by atoms with van der Waals surface area (Å²) in [6.07, 6.45) is 1.66. The van der Waals surface area contributed by atoms with Gasteiger partial charge in [-0.2, -0.15) is 0 Å². The minimum atomic E-state index is -0.923. The average molecular weight is 334 g/mol. The Morgan fingerprint density at radius 3 is 2.87 bits per heavy atom. The van der Waals surface area contributed by atoms with Gasteiger partial charge in [-0.25, -0.2) is 13.8 Å². The second kappa shape index (κ2) is 6.70. The third-order valence-corrected chi connectivity index (χ3v) is 3.97. The molecule has 3 rings (SSSR count). The summed E-state index contributed by atoms with van der Waals surface area (Å²) in [4.78, 5) is 16.1. The SMILES string of the molecule is O=C(Cc1nc(-c2ccc(F)c(F)c2)cs1)NCc1ccco1. The number of hydrogen-bond donors (Lipinski definition) is 1. The lowest BCUT2D eigenvalue weighted by Gasteiger charge is -2.01. The van der Waals surface area contributed by atoms with Gasteiger partial charge in [0.2, 0.25) is 5.91 Å². The smallest absolute Gasteiger partial charge is 0.227 e. The standard InChI is InChI=1S/C16H12F2N2O2S/c17-12-4-3-10(6-13(12)18)14-9-23-16(20-14)7-15(21)19-8-11-2-1-5-22-11/h1-6,9H,7-8H2,(H,19,21). The maximum atomic E-state index is 13.2. The van der Waals surface area contributed by atoms with Crippen LogP contribution < -0.4 is 5.32 Å². The Kier molecular flexibility index (Phi) is 4.47. The molecule has 7 heteroatoms. The van der Waals surface area contributed by atoms with Crippen molar-refractivity contribution in [3.05, 3.63) is 64.4 Å². The van der Waals surface area contributed by atoms with Crippen molar-refractivity contribution in [2.24, 2.45) is 0 Å². The summed E-state index contributed by atoms with van der Waals surface area (Å²) in [7, 11) is 0. The first-order valence-corrected chi connectivity index (χ1v) is 7.68. The molecule has 1 amide bonds. The van der Waals surface area contributed by atoms with Crippen LogP contribution in [0.25, 0.3) is 11.3 Å². The Bertz CT molecular complexity index is 815. The predicted octanol–water partition coefficient (Wildman–Crippen LogP) is 3.54. The predicted molar refractivity (Wildman–Crippen MR) is 81.7 cm³/mol. The zero-order chi connectivity index (χ0) is 16.2. The molecule has 0 unspecified atom stereocenters. The molecule has 118 valence electrons. The molecule has 1 N–H and O–H groups in total. The maximum Gasteiger partial charge on any atom is 0.227 e. The van der Waals surface area contributed by atoms with Gasteiger partial charge in [0.05, 0.1) is 24.9 Å². The lowest BCUT2D eigenvalue weighted by atomic mass is 10.1. The number of benzene rings is 1. The summed E-state index contributed by atoms with van der Waals surface area (Å²) in [5.41, 5.74) is 0.991. The molecule has 0 radical (unpaired) electrons. The number of thiazole rings is 1. The van der Waals surface area contributed by atoms with Crippen LogP contribution in [-0.2, 0) is 17.8 Å². The number of carbonyl (C=O) groups is 1. The molecule has 0 aliphatic heterocycles. The van der Waals surface area contributed by atoms with Gasteiger partial charge in [-0.15, -0.1) is 11.3 Å². The van der Waals surface area contributed by atoms with Gasteiger partial charge in [-0.05, 0) is 30.3 Å². The molecule has 4 nitrogen and oxygen atoms in total. The Balaban J connectivity index is 1.62. The second-order valence-electron chi connectivity index (χ2n) is 4.79. The van der Waals surface area contributed by atoms with Crippen molar-refractivity contribution in [2.75, 3.05) is 0 Å². The van der Waals surface area contributed by atoms with Crippen molar-refractivity contribution >= 4 is 17.2 Å². The Hall–Kier alpha value is -2.54. The molecule has 23 heavy (non-hydrogen) atoms. The van der Waals surface area contributed by atoms with Gasteiger partial charge in [-0.1, -0.05) is 0 Å². The topological polar surface area (TPSA) is 55.1 Å². The second-order valence-corrected chi connectivity index (χ2v) is 5.73. The van der Waals surface area contributed by atoms with Crippen LogP contribution in [0.5, 0.6) is 0 Å². The van der Waals surface area contributed by atoms with E-state index in [1.54, 1.807) is 17.5 Å². The van der Waals surface area contributed by atoms with Gasteiger partial charge < -0.3 is 9.73 Å². The highest BCUT2D eigenvalue weighted by Gasteiger charge is 2.11. The van der Waals surface area contributed by atoms with E-state index >= 15 is 0 Å². The van der Waals surface area contributed by atoms with Gasteiger partial charge >= 0.3 is 0 Å². The molecule has 3 aromatic rings. The van der Waals surface area contributed by atoms with Crippen LogP contribution in [-0.4, -0.2) is 10.9 Å². The average Bonchev–Trinajstić information content (AvgIpc) is 3.19. The first-order valence-electron chi connectivity index (χ1n) is 6.81. The van der Waals surface area contributed by atoms with E-state index in [-0.39, 0.29) is 12.3 Å². The molecule has 0 spiro atoms. The number of carbonyl (C=O) groups excluding carboxylic acids is 1. The molecule has 2 heterocycles. The van der Waals surface area contributed by atoms with Crippen LogP contribution in [0.15, 0.2) is 46.4 Å². The number of hydrogen-bond acceptors (Lipinski definition) is 4. The highest BCUT2D eigenvalue weighted by molar-refractivity contribution is 7.10. The molecule has 0 atom stereocenters. The number of nitrogens with one attached hydrogen (secondary N) is 1. The summed E-state index contributed by atoms with van der Waals surface area (Å²) < 4.78 is 31.3. The molecule has 0 bridgehead atoms. The van der Waals surface area contributed by atoms with E-state index < -0.39 is 11.6 Å². The summed E-state index contributed by atoms with van der Waals surface area (Å²) in [6, 6.07) is 7.11. The third kappa shape index (κ3) is 3.81. The Labute approximate surface area is 134 Å². The lowest BCUT2D eigenvalue weighted by molar-refractivity contribution is -0.120. The van der Waals surface area contributed by atoms with Crippen LogP contribution in [0.4, 0.5) is 8.78 Å². The van der Waals surface area contributed by atoms with Crippen LogP contribution >= 0.6 is 11.3 Å². The molecule has 0 fully saturated rings. The zero-order valence-corrected chi connectivity index (χ0v) is 12.7. The number of nitrogens with zero attached hydrogens (tertiary/aromatic N) is 1. The summed E-state index contributed by atoms with van der Waals surface area (Å²) in [6.45, 7) is 0.313. The first-order chi connectivity index (χ1) is 11.1. The van der Waals surface area contributed by atoms with Crippen LogP contribution in [0.3, 0.4) is 0 Å². The third-order valence-electron chi connectivity index (χ3n) is 3.12. The highest BCUT2D eigenvalue weighted by atomic mass is 32.1. The molecule has 1 aromatic carbocycles. The number of amides is 1. The number of rotatable bonds is 5. The largest absolute Gasteiger partial charge is 0.467 e. The van der Waals surface area contributed by atoms with E-state index in [0.29, 0.717) is 28.6 Å². The Morgan fingerprint density at radius 2 is 2.13 bits per heavy atom. The van der Waals surface area contributed by atoms with Crippen molar-refractivity contribution in [3.63, 3.8) is 0 Å².